The van der Waals surface area contributed by atoms with E-state index < -0.39 is 0 Å². The number of aryl methyl sites for hydroxylation is 1. The molecule has 1 heterocycles. The van der Waals surface area contributed by atoms with Crippen LogP contribution >= 0.6 is 11.3 Å². The highest BCUT2D eigenvalue weighted by molar-refractivity contribution is 7.15. The Morgan fingerprint density at radius 1 is 1.31 bits per heavy atom. The van der Waals surface area contributed by atoms with Gasteiger partial charge in [0.15, 0.2) is 5.78 Å². The highest BCUT2D eigenvalue weighted by Crippen LogP contribution is 2.27. The molecule has 0 radical (unpaired) electrons. The number of thiazole rings is 1. The summed E-state index contributed by atoms with van der Waals surface area (Å²) in [5.41, 5.74) is 1.71. The van der Waals surface area contributed by atoms with E-state index in [9.17, 15) is 4.79 Å². The molecule has 0 bridgehead atoms. The maximum Gasteiger partial charge on any atom is 0.182 e. The Morgan fingerprint density at radius 2 is 2.00 bits per heavy atom. The Hall–Kier alpha value is -1.48. The van der Waals surface area contributed by atoms with E-state index in [0.29, 0.717) is 12.1 Å². The number of hydrogen-bond acceptors (Lipinski definition) is 3. The fraction of sp³-hybridized carbons (Fsp3) is 0.231. The number of Topliss-reactive ketones (excluding diaryl/α,β-unsaturated/α-hetero) is 1. The minimum absolute atomic E-state index is 0.121. The van der Waals surface area contributed by atoms with Gasteiger partial charge in [-0.1, -0.05) is 37.3 Å². The first-order chi connectivity index (χ1) is 7.72. The van der Waals surface area contributed by atoms with Gasteiger partial charge in [0.1, 0.15) is 10.7 Å². The molecule has 3 heteroatoms. The van der Waals surface area contributed by atoms with Gasteiger partial charge in [0.05, 0.1) is 0 Å². The van der Waals surface area contributed by atoms with E-state index in [-0.39, 0.29) is 5.78 Å². The topological polar surface area (TPSA) is 30.0 Å². The van der Waals surface area contributed by atoms with Crippen molar-refractivity contribution >= 4 is 17.1 Å². The Bertz CT molecular complexity index is 502. The number of hydrogen-bond donors (Lipinski definition) is 0. The van der Waals surface area contributed by atoms with Crippen LogP contribution in [0.1, 0.15) is 28.7 Å². The molecule has 0 fully saturated rings. The van der Waals surface area contributed by atoms with Crippen LogP contribution in [0.5, 0.6) is 0 Å². The van der Waals surface area contributed by atoms with Crippen molar-refractivity contribution < 1.29 is 4.79 Å². The summed E-state index contributed by atoms with van der Waals surface area (Å²) in [6, 6.07) is 9.96. The third-order valence-electron chi connectivity index (χ3n) is 2.40. The third-order valence-corrected chi connectivity index (χ3v) is 3.42. The number of ketones is 1. The van der Waals surface area contributed by atoms with Crippen molar-refractivity contribution in [1.29, 1.82) is 0 Å². The number of rotatable bonds is 3. The average Bonchev–Trinajstić information content (AvgIpc) is 2.71. The second-order valence-electron chi connectivity index (χ2n) is 3.57. The van der Waals surface area contributed by atoms with Crippen LogP contribution in [0.25, 0.3) is 10.6 Å². The summed E-state index contributed by atoms with van der Waals surface area (Å²) < 4.78 is 0. The van der Waals surface area contributed by atoms with Crippen molar-refractivity contribution in [3.05, 3.63) is 40.9 Å². The second-order valence-corrected chi connectivity index (χ2v) is 4.77. The lowest BCUT2D eigenvalue weighted by Crippen LogP contribution is -1.98. The van der Waals surface area contributed by atoms with Crippen molar-refractivity contribution in [1.82, 2.24) is 4.98 Å². The van der Waals surface area contributed by atoms with Crippen LogP contribution in [0.4, 0.5) is 0 Å². The molecule has 82 valence electrons. The van der Waals surface area contributed by atoms with Crippen molar-refractivity contribution in [2.45, 2.75) is 20.3 Å². The van der Waals surface area contributed by atoms with Gasteiger partial charge in [-0.2, -0.15) is 0 Å². The zero-order valence-corrected chi connectivity index (χ0v) is 10.2. The van der Waals surface area contributed by atoms with Gasteiger partial charge in [-0.25, -0.2) is 4.98 Å². The molecule has 0 spiro atoms. The molecule has 0 unspecified atom stereocenters. The van der Waals surface area contributed by atoms with Crippen LogP contribution in [0.3, 0.4) is 0 Å². The SMILES string of the molecule is CCC(=O)c1nc(-c2ccccc2)sc1C. The van der Waals surface area contributed by atoms with Gasteiger partial charge in [0.2, 0.25) is 0 Å². The molecule has 0 atom stereocenters. The number of aromatic nitrogens is 1. The minimum atomic E-state index is 0.121. The third kappa shape index (κ3) is 2.04. The van der Waals surface area contributed by atoms with Crippen molar-refractivity contribution in [2.75, 3.05) is 0 Å². The molecule has 1 aromatic carbocycles. The summed E-state index contributed by atoms with van der Waals surface area (Å²) >= 11 is 1.58. The molecule has 2 rings (SSSR count). The summed E-state index contributed by atoms with van der Waals surface area (Å²) in [5, 5.41) is 0.926. The Labute approximate surface area is 99.0 Å². The lowest BCUT2D eigenvalue weighted by Gasteiger charge is -1.93. The highest BCUT2D eigenvalue weighted by atomic mass is 32.1. The van der Waals surface area contributed by atoms with Crippen LogP contribution < -0.4 is 0 Å². The normalized spacial score (nSPS) is 10.4. The van der Waals surface area contributed by atoms with Crippen LogP contribution in [-0.2, 0) is 0 Å². The lowest BCUT2D eigenvalue weighted by molar-refractivity contribution is 0.0983. The molecular formula is C13H13NOS. The molecule has 0 N–H and O–H groups in total. The van der Waals surface area contributed by atoms with E-state index >= 15 is 0 Å². The van der Waals surface area contributed by atoms with Gasteiger partial charge in [-0.3, -0.25) is 4.79 Å². The fourth-order valence-corrected chi connectivity index (χ4v) is 2.46. The lowest BCUT2D eigenvalue weighted by atomic mass is 10.2. The van der Waals surface area contributed by atoms with E-state index in [2.05, 4.69) is 4.98 Å². The molecule has 0 aliphatic carbocycles. The van der Waals surface area contributed by atoms with Crippen LogP contribution in [0, 0.1) is 6.92 Å². The van der Waals surface area contributed by atoms with Crippen molar-refractivity contribution in [3.63, 3.8) is 0 Å². The first kappa shape index (κ1) is 11.0. The summed E-state index contributed by atoms with van der Waals surface area (Å²) in [6.07, 6.45) is 0.513. The summed E-state index contributed by atoms with van der Waals surface area (Å²) in [5.74, 6) is 0.121. The van der Waals surface area contributed by atoms with E-state index in [0.717, 1.165) is 15.4 Å². The van der Waals surface area contributed by atoms with Gasteiger partial charge in [0, 0.05) is 16.9 Å². The molecule has 16 heavy (non-hydrogen) atoms. The Balaban J connectivity index is 2.42. The molecule has 0 aliphatic rings. The molecule has 1 aromatic heterocycles. The number of nitrogens with zero attached hydrogens (tertiary/aromatic N) is 1. The highest BCUT2D eigenvalue weighted by Gasteiger charge is 2.14. The van der Waals surface area contributed by atoms with Crippen LogP contribution in [0.15, 0.2) is 30.3 Å². The van der Waals surface area contributed by atoms with E-state index in [1.165, 1.54) is 0 Å². The van der Waals surface area contributed by atoms with Gasteiger partial charge in [0.25, 0.3) is 0 Å². The summed E-state index contributed by atoms with van der Waals surface area (Å²) in [7, 11) is 0. The molecule has 2 aromatic rings. The zero-order chi connectivity index (χ0) is 11.5. The molecule has 0 saturated heterocycles. The molecular weight excluding hydrogens is 218 g/mol. The van der Waals surface area contributed by atoms with Gasteiger partial charge in [-0.05, 0) is 6.92 Å². The predicted octanol–water partition coefficient (Wildman–Crippen LogP) is 3.71. The largest absolute Gasteiger partial charge is 0.292 e. The standard InChI is InChI=1S/C13H13NOS/c1-3-11(15)12-9(2)16-13(14-12)10-7-5-4-6-8-10/h4-8H,3H2,1-2H3. The average molecular weight is 231 g/mol. The molecule has 2 nitrogen and oxygen atoms in total. The van der Waals surface area contributed by atoms with Gasteiger partial charge < -0.3 is 0 Å². The maximum absolute atomic E-state index is 11.6. The van der Waals surface area contributed by atoms with E-state index in [4.69, 9.17) is 0 Å². The zero-order valence-electron chi connectivity index (χ0n) is 9.36. The molecule has 0 saturated carbocycles. The fourth-order valence-electron chi connectivity index (χ4n) is 1.53. The second kappa shape index (κ2) is 4.58. The first-order valence-corrected chi connectivity index (χ1v) is 6.10. The van der Waals surface area contributed by atoms with Gasteiger partial charge >= 0.3 is 0 Å². The summed E-state index contributed by atoms with van der Waals surface area (Å²) in [6.45, 7) is 3.82. The first-order valence-electron chi connectivity index (χ1n) is 5.28. The van der Waals surface area contributed by atoms with E-state index in [1.54, 1.807) is 11.3 Å². The monoisotopic (exact) mass is 231 g/mol. The van der Waals surface area contributed by atoms with E-state index in [1.807, 2.05) is 44.2 Å². The quantitative estimate of drug-likeness (QED) is 0.754. The minimum Gasteiger partial charge on any atom is -0.292 e. The molecule has 0 aliphatic heterocycles. The van der Waals surface area contributed by atoms with Crippen molar-refractivity contribution in [3.8, 4) is 10.6 Å². The van der Waals surface area contributed by atoms with Gasteiger partial charge in [-0.15, -0.1) is 11.3 Å². The Morgan fingerprint density at radius 3 is 2.62 bits per heavy atom. The smallest absolute Gasteiger partial charge is 0.182 e. The number of carbonyl (C=O) groups is 1. The number of carbonyl (C=O) groups excluding carboxylic acids is 1. The van der Waals surface area contributed by atoms with Crippen LogP contribution in [-0.4, -0.2) is 10.8 Å². The molecule has 0 amide bonds. The van der Waals surface area contributed by atoms with Crippen molar-refractivity contribution in [2.24, 2.45) is 0 Å². The Kier molecular flexibility index (Phi) is 3.15. The maximum atomic E-state index is 11.6. The predicted molar refractivity (Wildman–Crippen MR) is 66.9 cm³/mol. The van der Waals surface area contributed by atoms with Crippen LogP contribution in [0.2, 0.25) is 0 Å². The number of benzene rings is 1. The summed E-state index contributed by atoms with van der Waals surface area (Å²) in [4.78, 5) is 17.0.